The van der Waals surface area contributed by atoms with Gasteiger partial charge in [-0.15, -0.1) is 10.2 Å². The molecule has 0 amide bonds. The number of nitrogens with one attached hydrogen (secondary N) is 1. The first-order valence-corrected chi connectivity index (χ1v) is 10.5. The highest BCUT2D eigenvalue weighted by molar-refractivity contribution is 7.99. The molecule has 7 heteroatoms. The summed E-state index contributed by atoms with van der Waals surface area (Å²) in [6.45, 7) is 0.707. The summed E-state index contributed by atoms with van der Waals surface area (Å²) in [5.41, 5.74) is 3.33. The molecule has 0 radical (unpaired) electrons. The Labute approximate surface area is 173 Å². The van der Waals surface area contributed by atoms with Gasteiger partial charge in [-0.05, 0) is 36.1 Å². The molecule has 0 saturated heterocycles. The molecule has 0 fully saturated rings. The van der Waals surface area contributed by atoms with Crippen LogP contribution in [0.2, 0.25) is 5.02 Å². The lowest BCUT2D eigenvalue weighted by atomic mass is 10.2. The van der Waals surface area contributed by atoms with Gasteiger partial charge in [0.25, 0.3) is 0 Å². The predicted octanol–water partition coefficient (Wildman–Crippen LogP) is 5.09. The van der Waals surface area contributed by atoms with Crippen LogP contribution in [-0.2, 0) is 13.0 Å². The third-order valence-corrected chi connectivity index (χ3v) is 5.79. The van der Waals surface area contributed by atoms with E-state index in [-0.39, 0.29) is 0 Å². The molecular weight excluding hydrogens is 390 g/mol. The van der Waals surface area contributed by atoms with Crippen LogP contribution < -0.4 is 0 Å². The van der Waals surface area contributed by atoms with Gasteiger partial charge in [0.2, 0.25) is 0 Å². The maximum Gasteiger partial charge on any atom is 0.191 e. The van der Waals surface area contributed by atoms with Gasteiger partial charge in [-0.3, -0.25) is 9.67 Å². The number of aromatic nitrogens is 5. The number of benzene rings is 2. The number of nitrogens with zero attached hydrogens (tertiary/aromatic N) is 4. The molecule has 0 bridgehead atoms. The number of rotatable bonds is 8. The van der Waals surface area contributed by atoms with E-state index in [1.165, 1.54) is 11.1 Å². The topological polar surface area (TPSA) is 59.4 Å². The molecule has 0 aliphatic heterocycles. The van der Waals surface area contributed by atoms with Crippen LogP contribution in [-0.4, -0.2) is 30.7 Å². The molecule has 2 heterocycles. The van der Waals surface area contributed by atoms with Crippen molar-refractivity contribution in [1.29, 1.82) is 0 Å². The van der Waals surface area contributed by atoms with E-state index in [4.69, 9.17) is 11.6 Å². The largest absolute Gasteiger partial charge is 0.298 e. The van der Waals surface area contributed by atoms with Crippen molar-refractivity contribution < 1.29 is 0 Å². The molecule has 1 N–H and O–H groups in total. The minimum atomic E-state index is 0.681. The number of H-pyrrole nitrogens is 1. The first-order chi connectivity index (χ1) is 13.8. The smallest absolute Gasteiger partial charge is 0.191 e. The van der Waals surface area contributed by atoms with Gasteiger partial charge in [-0.1, -0.05) is 65.8 Å². The van der Waals surface area contributed by atoms with Gasteiger partial charge in [0, 0.05) is 17.5 Å². The summed E-state index contributed by atoms with van der Waals surface area (Å²) in [6, 6.07) is 18.1. The van der Waals surface area contributed by atoms with Gasteiger partial charge in [0.15, 0.2) is 11.0 Å². The van der Waals surface area contributed by atoms with Gasteiger partial charge in [0.1, 0.15) is 0 Å². The lowest BCUT2D eigenvalue weighted by molar-refractivity contribution is 0.714. The van der Waals surface area contributed by atoms with Crippen molar-refractivity contribution in [2.75, 3.05) is 5.75 Å². The zero-order valence-corrected chi connectivity index (χ0v) is 16.8. The van der Waals surface area contributed by atoms with Crippen LogP contribution in [0.1, 0.15) is 17.5 Å². The van der Waals surface area contributed by atoms with Crippen LogP contribution in [0, 0.1) is 0 Å². The maximum atomic E-state index is 6.43. The van der Waals surface area contributed by atoms with Crippen LogP contribution in [0.3, 0.4) is 0 Å². The van der Waals surface area contributed by atoms with Crippen molar-refractivity contribution in [3.8, 4) is 11.4 Å². The lowest BCUT2D eigenvalue weighted by Crippen LogP contribution is -2.04. The fourth-order valence-electron chi connectivity index (χ4n) is 3.00. The van der Waals surface area contributed by atoms with Crippen molar-refractivity contribution in [1.82, 2.24) is 25.0 Å². The van der Waals surface area contributed by atoms with Crippen molar-refractivity contribution in [3.63, 3.8) is 0 Å². The van der Waals surface area contributed by atoms with Crippen molar-refractivity contribution in [2.45, 2.75) is 24.5 Å². The van der Waals surface area contributed by atoms with Gasteiger partial charge in [-0.2, -0.15) is 5.10 Å². The Balaban J connectivity index is 1.56. The Hall–Kier alpha value is -2.57. The summed E-state index contributed by atoms with van der Waals surface area (Å²) >= 11 is 8.16. The Kier molecular flexibility index (Phi) is 6.09. The summed E-state index contributed by atoms with van der Waals surface area (Å²) in [4.78, 5) is 0. The standard InChI is InChI=1S/C21H20ClN5S/c22-19-11-5-4-10-18(19)20-25-26-21(27(20)15-16-7-2-1-3-8-16)28-12-6-9-17-13-23-24-14-17/h1-5,7-8,10-11,13-14H,6,9,12,15H2,(H,23,24). The minimum Gasteiger partial charge on any atom is -0.298 e. The van der Waals surface area contributed by atoms with Gasteiger partial charge < -0.3 is 0 Å². The Morgan fingerprint density at radius 1 is 0.964 bits per heavy atom. The molecule has 4 rings (SSSR count). The molecular formula is C21H20ClN5S. The molecule has 142 valence electrons. The van der Waals surface area contributed by atoms with Crippen LogP contribution >= 0.6 is 23.4 Å². The van der Waals surface area contributed by atoms with Crippen LogP contribution in [0.25, 0.3) is 11.4 Å². The average Bonchev–Trinajstić information content (AvgIpc) is 3.37. The van der Waals surface area contributed by atoms with Gasteiger partial charge >= 0.3 is 0 Å². The van der Waals surface area contributed by atoms with Crippen LogP contribution in [0.15, 0.2) is 72.1 Å². The van der Waals surface area contributed by atoms with Crippen LogP contribution in [0.5, 0.6) is 0 Å². The summed E-state index contributed by atoms with van der Waals surface area (Å²) in [7, 11) is 0. The summed E-state index contributed by atoms with van der Waals surface area (Å²) < 4.78 is 2.15. The van der Waals surface area contributed by atoms with Crippen molar-refractivity contribution in [2.24, 2.45) is 0 Å². The molecule has 0 spiro atoms. The molecule has 5 nitrogen and oxygen atoms in total. The Morgan fingerprint density at radius 2 is 1.79 bits per heavy atom. The Bertz CT molecular complexity index is 1010. The lowest BCUT2D eigenvalue weighted by Gasteiger charge is -2.11. The van der Waals surface area contributed by atoms with Gasteiger partial charge in [-0.25, -0.2) is 0 Å². The van der Waals surface area contributed by atoms with E-state index in [2.05, 4.69) is 37.1 Å². The summed E-state index contributed by atoms with van der Waals surface area (Å²) in [5.74, 6) is 1.76. The predicted molar refractivity (Wildman–Crippen MR) is 114 cm³/mol. The average molecular weight is 410 g/mol. The molecule has 0 saturated carbocycles. The molecule has 0 aliphatic carbocycles. The fourth-order valence-corrected chi connectivity index (χ4v) is 4.10. The van der Waals surface area contributed by atoms with Crippen LogP contribution in [0.4, 0.5) is 0 Å². The quantitative estimate of drug-likeness (QED) is 0.325. The second-order valence-corrected chi connectivity index (χ2v) is 7.89. The highest BCUT2D eigenvalue weighted by Gasteiger charge is 2.16. The minimum absolute atomic E-state index is 0.681. The van der Waals surface area contributed by atoms with E-state index in [9.17, 15) is 0 Å². The highest BCUT2D eigenvalue weighted by atomic mass is 35.5. The van der Waals surface area contributed by atoms with E-state index in [0.29, 0.717) is 11.6 Å². The normalized spacial score (nSPS) is 11.0. The zero-order valence-electron chi connectivity index (χ0n) is 15.3. The van der Waals surface area contributed by atoms with E-state index >= 15 is 0 Å². The number of aryl methyl sites for hydroxylation is 1. The van der Waals surface area contributed by atoms with Crippen molar-refractivity contribution >= 4 is 23.4 Å². The zero-order chi connectivity index (χ0) is 19.2. The first-order valence-electron chi connectivity index (χ1n) is 9.14. The van der Waals surface area contributed by atoms with E-state index in [1.54, 1.807) is 11.8 Å². The third-order valence-electron chi connectivity index (χ3n) is 4.41. The second kappa shape index (κ2) is 9.08. The summed E-state index contributed by atoms with van der Waals surface area (Å²) in [5, 5.41) is 17.4. The Morgan fingerprint density at radius 3 is 2.57 bits per heavy atom. The molecule has 0 aliphatic rings. The number of halogens is 1. The molecule has 0 atom stereocenters. The van der Waals surface area contributed by atoms with E-state index in [0.717, 1.165) is 35.1 Å². The maximum absolute atomic E-state index is 6.43. The van der Waals surface area contributed by atoms with E-state index in [1.807, 2.05) is 54.9 Å². The second-order valence-electron chi connectivity index (χ2n) is 6.42. The summed E-state index contributed by atoms with van der Waals surface area (Å²) in [6.07, 6.45) is 5.85. The molecule has 2 aromatic heterocycles. The number of thioether (sulfide) groups is 1. The molecule has 4 aromatic rings. The molecule has 28 heavy (non-hydrogen) atoms. The monoisotopic (exact) mass is 409 g/mol. The van der Waals surface area contributed by atoms with Crippen molar-refractivity contribution in [3.05, 3.63) is 83.1 Å². The van der Waals surface area contributed by atoms with E-state index < -0.39 is 0 Å². The number of hydrogen-bond acceptors (Lipinski definition) is 4. The SMILES string of the molecule is Clc1ccccc1-c1nnc(SCCCc2cn[nH]c2)n1Cc1ccccc1. The molecule has 2 aromatic carbocycles. The number of hydrogen-bond donors (Lipinski definition) is 1. The molecule has 0 unspecified atom stereocenters. The van der Waals surface area contributed by atoms with Gasteiger partial charge in [0.05, 0.1) is 17.8 Å². The highest BCUT2D eigenvalue weighted by Crippen LogP contribution is 2.30. The fraction of sp³-hybridized carbons (Fsp3) is 0.190. The first kappa shape index (κ1) is 18.8. The number of aromatic amines is 1. The third kappa shape index (κ3) is 4.46.